The van der Waals surface area contributed by atoms with E-state index in [0.717, 1.165) is 38.1 Å². The predicted molar refractivity (Wildman–Crippen MR) is 123 cm³/mol. The van der Waals surface area contributed by atoms with Gasteiger partial charge in [0.1, 0.15) is 0 Å². The first-order chi connectivity index (χ1) is 15.0. The lowest BCUT2D eigenvalue weighted by atomic mass is 10.1. The number of H-pyrrole nitrogens is 2. The first-order valence-corrected chi connectivity index (χ1v) is 10.7. The van der Waals surface area contributed by atoms with Crippen LogP contribution in [0, 0.1) is 0 Å². The Hall–Kier alpha value is -2.91. The van der Waals surface area contributed by atoms with Crippen molar-refractivity contribution in [1.82, 2.24) is 30.4 Å². The highest BCUT2D eigenvalue weighted by molar-refractivity contribution is 5.91. The van der Waals surface area contributed by atoms with Crippen LogP contribution in [-0.2, 0) is 11.2 Å². The largest absolute Gasteiger partial charge is 0.383 e. The van der Waals surface area contributed by atoms with Gasteiger partial charge in [0.25, 0.3) is 5.91 Å². The van der Waals surface area contributed by atoms with Crippen molar-refractivity contribution in [1.29, 1.82) is 0 Å². The summed E-state index contributed by atoms with van der Waals surface area (Å²) in [6, 6.07) is 8.12. The average molecular weight is 428 g/mol. The van der Waals surface area contributed by atoms with E-state index in [1.807, 2.05) is 36.2 Å². The van der Waals surface area contributed by atoms with Gasteiger partial charge in [-0.25, -0.2) is 0 Å². The van der Waals surface area contributed by atoms with E-state index in [4.69, 9.17) is 4.74 Å². The van der Waals surface area contributed by atoms with Crippen LogP contribution >= 0.6 is 0 Å². The lowest BCUT2D eigenvalue weighted by Crippen LogP contribution is -2.35. The van der Waals surface area contributed by atoms with Gasteiger partial charge in [-0.1, -0.05) is 18.2 Å². The van der Waals surface area contributed by atoms with E-state index in [2.05, 4.69) is 50.4 Å². The van der Waals surface area contributed by atoms with E-state index in [1.54, 1.807) is 7.11 Å². The molecule has 1 aromatic carbocycles. The Morgan fingerprint density at radius 1 is 1.26 bits per heavy atom. The number of para-hydroxylation sites is 1. The summed E-state index contributed by atoms with van der Waals surface area (Å²) in [7, 11) is 3.76. The third-order valence-electron chi connectivity index (χ3n) is 5.36. The van der Waals surface area contributed by atoms with Gasteiger partial charge in [0, 0.05) is 56.4 Å². The Kier molecular flexibility index (Phi) is 8.02. The molecule has 3 aromatic rings. The monoisotopic (exact) mass is 427 g/mol. The lowest BCUT2D eigenvalue weighted by molar-refractivity contribution is 0.0930. The van der Waals surface area contributed by atoms with Crippen LogP contribution < -0.4 is 10.2 Å². The number of carbonyl (C=O) groups excluding carboxylic acids is 1. The molecule has 0 bridgehead atoms. The molecule has 0 saturated heterocycles. The summed E-state index contributed by atoms with van der Waals surface area (Å²) < 4.78 is 5.11. The van der Waals surface area contributed by atoms with Crippen LogP contribution in [-0.4, -0.2) is 84.0 Å². The number of nitrogens with zero attached hydrogens (tertiary/aromatic N) is 4. The van der Waals surface area contributed by atoms with E-state index < -0.39 is 0 Å². The minimum Gasteiger partial charge on any atom is -0.383 e. The van der Waals surface area contributed by atoms with Crippen molar-refractivity contribution in [3.63, 3.8) is 0 Å². The number of aromatic nitrogens is 4. The van der Waals surface area contributed by atoms with Crippen LogP contribution in [0.5, 0.6) is 0 Å². The van der Waals surface area contributed by atoms with E-state index in [-0.39, 0.29) is 17.8 Å². The number of nitrogens with one attached hydrogen (secondary N) is 3. The molecule has 0 radical (unpaired) electrons. The summed E-state index contributed by atoms with van der Waals surface area (Å²) in [4.78, 5) is 24.6. The number of methoxy groups -OCH3 is 1. The molecule has 3 N–H and O–H groups in total. The van der Waals surface area contributed by atoms with Crippen molar-refractivity contribution in [2.24, 2.45) is 0 Å². The number of ether oxygens (including phenoxy) is 1. The van der Waals surface area contributed by atoms with Crippen LogP contribution in [0.3, 0.4) is 0 Å². The minimum absolute atomic E-state index is 0.0445. The van der Waals surface area contributed by atoms with Gasteiger partial charge in [0.15, 0.2) is 0 Å². The van der Waals surface area contributed by atoms with Crippen LogP contribution in [0.1, 0.15) is 30.0 Å². The number of benzene rings is 1. The van der Waals surface area contributed by atoms with Gasteiger partial charge in [0.2, 0.25) is 11.8 Å². The summed E-state index contributed by atoms with van der Waals surface area (Å²) in [6.07, 6.45) is 2.73. The van der Waals surface area contributed by atoms with Crippen LogP contribution in [0.25, 0.3) is 10.9 Å². The second-order valence-electron chi connectivity index (χ2n) is 7.80. The van der Waals surface area contributed by atoms with Crippen LogP contribution in [0.4, 0.5) is 5.95 Å². The fourth-order valence-corrected chi connectivity index (χ4v) is 3.52. The Bertz CT molecular complexity index is 968. The fraction of sp³-hybridized carbons (Fsp3) is 0.500. The summed E-state index contributed by atoms with van der Waals surface area (Å²) in [5.41, 5.74) is 2.28. The Labute approximate surface area is 183 Å². The Morgan fingerprint density at radius 2 is 2.06 bits per heavy atom. The van der Waals surface area contributed by atoms with Crippen LogP contribution in [0.2, 0.25) is 0 Å². The molecule has 0 aliphatic heterocycles. The van der Waals surface area contributed by atoms with Crippen molar-refractivity contribution >= 4 is 22.8 Å². The molecule has 9 heteroatoms. The minimum atomic E-state index is -0.251. The summed E-state index contributed by atoms with van der Waals surface area (Å²) >= 11 is 0. The molecule has 2 heterocycles. The molecule has 3 rings (SSSR count). The second kappa shape index (κ2) is 10.9. The number of hydrogen-bond donors (Lipinski definition) is 3. The van der Waals surface area contributed by atoms with Gasteiger partial charge in [-0.2, -0.15) is 4.98 Å². The molecule has 0 saturated carbocycles. The van der Waals surface area contributed by atoms with Crippen molar-refractivity contribution < 1.29 is 9.53 Å². The molecule has 0 aliphatic rings. The number of carbonyl (C=O) groups is 1. The third kappa shape index (κ3) is 6.05. The zero-order valence-corrected chi connectivity index (χ0v) is 18.8. The van der Waals surface area contributed by atoms with Gasteiger partial charge in [0.05, 0.1) is 6.61 Å². The number of anilines is 1. The second-order valence-corrected chi connectivity index (χ2v) is 7.80. The molecule has 0 aliphatic carbocycles. The molecule has 1 atom stereocenters. The quantitative estimate of drug-likeness (QED) is 0.409. The van der Waals surface area contributed by atoms with Crippen molar-refractivity contribution in [2.45, 2.75) is 26.3 Å². The van der Waals surface area contributed by atoms with E-state index in [1.165, 1.54) is 10.9 Å². The zero-order valence-electron chi connectivity index (χ0n) is 18.8. The zero-order chi connectivity index (χ0) is 22.2. The molecule has 9 nitrogen and oxygen atoms in total. The number of fused-ring (bicyclic) bond motifs is 1. The molecular weight excluding hydrogens is 394 g/mol. The normalized spacial score (nSPS) is 12.4. The summed E-state index contributed by atoms with van der Waals surface area (Å²) in [6.45, 7) is 7.99. The van der Waals surface area contributed by atoms with E-state index in [0.29, 0.717) is 12.6 Å². The average Bonchev–Trinajstić information content (AvgIpc) is 3.41. The molecular formula is C22H33N7O2. The maximum absolute atomic E-state index is 12.7. The van der Waals surface area contributed by atoms with Crippen molar-refractivity contribution in [3.05, 3.63) is 41.9 Å². The fourth-order valence-electron chi connectivity index (χ4n) is 3.52. The molecule has 0 spiro atoms. The smallest absolute Gasteiger partial charge is 0.288 e. The number of rotatable bonds is 12. The molecule has 31 heavy (non-hydrogen) atoms. The maximum Gasteiger partial charge on any atom is 0.288 e. The highest BCUT2D eigenvalue weighted by Gasteiger charge is 2.18. The van der Waals surface area contributed by atoms with Crippen LogP contribution in [0.15, 0.2) is 30.5 Å². The molecule has 1 amide bonds. The highest BCUT2D eigenvalue weighted by Crippen LogP contribution is 2.19. The van der Waals surface area contributed by atoms with E-state index >= 15 is 0 Å². The predicted octanol–water partition coefficient (Wildman–Crippen LogP) is 2.05. The number of likely N-dealkylation sites (N-methyl/N-ethyl adjacent to an activating group) is 2. The SMILES string of the molecule is CCN(CCN(C)CCOC)c1n[nH]c(C(=O)NC(C)Cc2c[nH]c3ccccc23)n1. The van der Waals surface area contributed by atoms with Gasteiger partial charge in [-0.05, 0) is 38.9 Å². The van der Waals surface area contributed by atoms with Gasteiger partial charge in [-0.3, -0.25) is 9.89 Å². The molecule has 168 valence electrons. The molecule has 1 unspecified atom stereocenters. The Morgan fingerprint density at radius 3 is 2.84 bits per heavy atom. The third-order valence-corrected chi connectivity index (χ3v) is 5.36. The number of amides is 1. The topological polar surface area (TPSA) is 102 Å². The molecule has 2 aromatic heterocycles. The van der Waals surface area contributed by atoms with E-state index in [9.17, 15) is 4.79 Å². The Balaban J connectivity index is 1.54. The molecule has 0 fully saturated rings. The van der Waals surface area contributed by atoms with Gasteiger partial charge in [-0.15, -0.1) is 5.10 Å². The van der Waals surface area contributed by atoms with Gasteiger partial charge >= 0.3 is 0 Å². The van der Waals surface area contributed by atoms with Crippen molar-refractivity contribution in [2.75, 3.05) is 51.8 Å². The lowest BCUT2D eigenvalue weighted by Gasteiger charge is -2.23. The first-order valence-electron chi connectivity index (χ1n) is 10.7. The summed E-state index contributed by atoms with van der Waals surface area (Å²) in [5.74, 6) is 0.517. The maximum atomic E-state index is 12.7. The highest BCUT2D eigenvalue weighted by atomic mass is 16.5. The van der Waals surface area contributed by atoms with Crippen molar-refractivity contribution in [3.8, 4) is 0 Å². The van der Waals surface area contributed by atoms with Gasteiger partial charge < -0.3 is 24.8 Å². The first kappa shape index (κ1) is 22.8. The number of aromatic amines is 2. The summed E-state index contributed by atoms with van der Waals surface area (Å²) in [5, 5.41) is 11.2. The number of hydrogen-bond acceptors (Lipinski definition) is 6. The standard InChI is InChI=1S/C22H33N7O2/c1-5-29(11-10-28(3)12-13-31-4)22-25-20(26-27-22)21(30)24-16(2)14-17-15-23-19-9-7-6-8-18(17)19/h6-9,15-16,23H,5,10-14H2,1-4H3,(H,24,30)(H,25,26,27).